The highest BCUT2D eigenvalue weighted by atomic mass is 32.1. The highest BCUT2D eigenvalue weighted by Gasteiger charge is 2.28. The van der Waals surface area contributed by atoms with E-state index in [0.29, 0.717) is 11.6 Å². The zero-order chi connectivity index (χ0) is 20.3. The fourth-order valence-electron chi connectivity index (χ4n) is 4.54. The SMILES string of the molecule is O=c1cc(C[NH2+]C[C@@H](c2cccs2)[NH+]2CCOCC2)c2c(ccc3ccccc32)o1. The van der Waals surface area contributed by atoms with Gasteiger partial charge in [0.05, 0.1) is 18.1 Å². The van der Waals surface area contributed by atoms with Gasteiger partial charge in [-0.3, -0.25) is 0 Å². The number of rotatable bonds is 6. The molecule has 0 bridgehead atoms. The van der Waals surface area contributed by atoms with Crippen LogP contribution in [0.15, 0.2) is 69.2 Å². The lowest BCUT2D eigenvalue weighted by Gasteiger charge is -2.30. The third-order valence-corrected chi connectivity index (χ3v) is 6.98. The molecule has 1 aliphatic heterocycles. The van der Waals surface area contributed by atoms with E-state index in [9.17, 15) is 4.79 Å². The Morgan fingerprint density at radius 1 is 1.07 bits per heavy atom. The van der Waals surface area contributed by atoms with Crippen LogP contribution in [-0.4, -0.2) is 32.8 Å². The van der Waals surface area contributed by atoms with Crippen LogP contribution in [0.2, 0.25) is 0 Å². The normalized spacial score (nSPS) is 16.3. The van der Waals surface area contributed by atoms with Crippen molar-refractivity contribution in [1.29, 1.82) is 0 Å². The molecule has 1 fully saturated rings. The van der Waals surface area contributed by atoms with E-state index < -0.39 is 0 Å². The van der Waals surface area contributed by atoms with Gasteiger partial charge in [-0.05, 0) is 28.3 Å². The average molecular weight is 423 g/mol. The van der Waals surface area contributed by atoms with Crippen LogP contribution < -0.4 is 15.8 Å². The molecule has 3 N–H and O–H groups in total. The number of thiophene rings is 1. The van der Waals surface area contributed by atoms with Crippen molar-refractivity contribution in [2.24, 2.45) is 0 Å². The van der Waals surface area contributed by atoms with E-state index in [0.717, 1.165) is 61.1 Å². The second-order valence-electron chi connectivity index (χ2n) is 7.82. The smallest absolute Gasteiger partial charge is 0.336 e. The lowest BCUT2D eigenvalue weighted by Crippen LogP contribution is -3.16. The molecular weight excluding hydrogens is 396 g/mol. The molecule has 4 aromatic rings. The first-order valence-corrected chi connectivity index (χ1v) is 11.4. The second kappa shape index (κ2) is 8.70. The van der Waals surface area contributed by atoms with Crippen molar-refractivity contribution in [2.75, 3.05) is 32.8 Å². The molecule has 1 saturated heterocycles. The van der Waals surface area contributed by atoms with Crippen molar-refractivity contribution in [3.8, 4) is 0 Å². The molecule has 6 heteroatoms. The monoisotopic (exact) mass is 422 g/mol. The molecule has 5 rings (SSSR count). The lowest BCUT2D eigenvalue weighted by molar-refractivity contribution is -0.952. The Labute approximate surface area is 178 Å². The van der Waals surface area contributed by atoms with Crippen LogP contribution in [-0.2, 0) is 11.3 Å². The molecular formula is C24H26N2O3S+2. The topological polar surface area (TPSA) is 60.5 Å². The number of hydrogen-bond acceptors (Lipinski definition) is 4. The van der Waals surface area contributed by atoms with Gasteiger partial charge in [-0.25, -0.2) is 4.79 Å². The van der Waals surface area contributed by atoms with Gasteiger partial charge < -0.3 is 19.4 Å². The van der Waals surface area contributed by atoms with Gasteiger partial charge in [-0.15, -0.1) is 11.3 Å². The first kappa shape index (κ1) is 19.5. The number of nitrogens with one attached hydrogen (secondary N) is 1. The molecule has 1 aliphatic rings. The Balaban J connectivity index is 1.42. The predicted octanol–water partition coefficient (Wildman–Crippen LogP) is 1.73. The van der Waals surface area contributed by atoms with Crippen LogP contribution in [0.4, 0.5) is 0 Å². The van der Waals surface area contributed by atoms with Crippen LogP contribution in [0.3, 0.4) is 0 Å². The maximum atomic E-state index is 12.2. The molecule has 0 amide bonds. The van der Waals surface area contributed by atoms with Crippen LogP contribution in [0.5, 0.6) is 0 Å². The van der Waals surface area contributed by atoms with Gasteiger partial charge in [0.25, 0.3) is 0 Å². The third kappa shape index (κ3) is 3.91. The molecule has 3 heterocycles. The number of ether oxygens (including phenoxy) is 1. The van der Waals surface area contributed by atoms with Crippen LogP contribution >= 0.6 is 11.3 Å². The quantitative estimate of drug-likeness (QED) is 0.368. The van der Waals surface area contributed by atoms with Crippen molar-refractivity contribution in [1.82, 2.24) is 0 Å². The van der Waals surface area contributed by atoms with Crippen LogP contribution in [0.25, 0.3) is 21.7 Å². The molecule has 0 unspecified atom stereocenters. The third-order valence-electron chi connectivity index (χ3n) is 6.00. The summed E-state index contributed by atoms with van der Waals surface area (Å²) in [4.78, 5) is 15.2. The molecule has 1 atom stereocenters. The summed E-state index contributed by atoms with van der Waals surface area (Å²) in [6.45, 7) is 5.46. The largest absolute Gasteiger partial charge is 0.423 e. The summed E-state index contributed by atoms with van der Waals surface area (Å²) < 4.78 is 11.1. The van der Waals surface area contributed by atoms with Crippen LogP contribution in [0, 0.1) is 0 Å². The zero-order valence-corrected chi connectivity index (χ0v) is 17.6. The number of quaternary nitrogens is 2. The van der Waals surface area contributed by atoms with Gasteiger partial charge in [0.15, 0.2) is 6.04 Å². The van der Waals surface area contributed by atoms with E-state index in [4.69, 9.17) is 9.15 Å². The molecule has 0 radical (unpaired) electrons. The van der Waals surface area contributed by atoms with Crippen molar-refractivity contribution in [3.63, 3.8) is 0 Å². The molecule has 0 saturated carbocycles. The molecule has 154 valence electrons. The highest BCUT2D eigenvalue weighted by Crippen LogP contribution is 2.27. The maximum Gasteiger partial charge on any atom is 0.336 e. The molecule has 0 aliphatic carbocycles. The Morgan fingerprint density at radius 2 is 1.93 bits per heavy atom. The molecule has 5 nitrogen and oxygen atoms in total. The molecule has 2 aromatic carbocycles. The maximum absolute atomic E-state index is 12.2. The number of benzene rings is 2. The van der Waals surface area contributed by atoms with Crippen molar-refractivity contribution in [2.45, 2.75) is 12.6 Å². The molecule has 0 spiro atoms. The summed E-state index contributed by atoms with van der Waals surface area (Å²) >= 11 is 1.83. The molecule has 30 heavy (non-hydrogen) atoms. The van der Waals surface area contributed by atoms with Gasteiger partial charge in [-0.2, -0.15) is 0 Å². The standard InChI is InChI=1S/C24H24N2O3S/c27-23-14-18(24-19-5-2-1-4-17(19)7-8-21(24)29-23)15-25-16-20(22-6-3-13-30-22)26-9-11-28-12-10-26/h1-8,13-14,20,25H,9-12,15-16H2/p+2/t20-/m0/s1. The number of nitrogens with two attached hydrogens (primary N) is 1. The van der Waals surface area contributed by atoms with E-state index in [2.05, 4.69) is 35.0 Å². The molecule has 2 aromatic heterocycles. The van der Waals surface area contributed by atoms with E-state index in [1.165, 1.54) is 4.88 Å². The minimum absolute atomic E-state index is 0.283. The Hall–Kier alpha value is -2.51. The first-order chi connectivity index (χ1) is 14.8. The van der Waals surface area contributed by atoms with E-state index in [1.54, 1.807) is 11.0 Å². The van der Waals surface area contributed by atoms with Gasteiger partial charge in [0.2, 0.25) is 0 Å². The first-order valence-electron chi connectivity index (χ1n) is 10.5. The summed E-state index contributed by atoms with van der Waals surface area (Å²) in [6.07, 6.45) is 0. The van der Waals surface area contributed by atoms with Gasteiger partial charge in [-0.1, -0.05) is 36.4 Å². The summed E-state index contributed by atoms with van der Waals surface area (Å²) in [7, 11) is 0. The number of fused-ring (bicyclic) bond motifs is 3. The van der Waals surface area contributed by atoms with Crippen LogP contribution in [0.1, 0.15) is 16.5 Å². The number of morpholine rings is 1. The zero-order valence-electron chi connectivity index (χ0n) is 16.8. The van der Waals surface area contributed by atoms with E-state index in [-0.39, 0.29) is 5.63 Å². The highest BCUT2D eigenvalue weighted by molar-refractivity contribution is 7.10. The Bertz CT molecular complexity index is 1200. The van der Waals surface area contributed by atoms with Crippen molar-refractivity contribution < 1.29 is 19.4 Å². The Kier molecular flexibility index (Phi) is 5.64. The minimum Gasteiger partial charge on any atom is -0.423 e. The predicted molar refractivity (Wildman–Crippen MR) is 119 cm³/mol. The summed E-state index contributed by atoms with van der Waals surface area (Å²) in [5.74, 6) is 0. The lowest BCUT2D eigenvalue weighted by atomic mass is 10.0. The fraction of sp³-hybridized carbons (Fsp3) is 0.292. The number of hydrogen-bond donors (Lipinski definition) is 2. The average Bonchev–Trinajstić information content (AvgIpc) is 3.31. The Morgan fingerprint density at radius 3 is 2.77 bits per heavy atom. The van der Waals surface area contributed by atoms with Gasteiger partial charge >= 0.3 is 5.63 Å². The summed E-state index contributed by atoms with van der Waals surface area (Å²) in [6, 6.07) is 18.7. The van der Waals surface area contributed by atoms with Gasteiger partial charge in [0.1, 0.15) is 31.8 Å². The van der Waals surface area contributed by atoms with E-state index in [1.807, 2.05) is 35.6 Å². The summed E-state index contributed by atoms with van der Waals surface area (Å²) in [5, 5.41) is 7.84. The summed E-state index contributed by atoms with van der Waals surface area (Å²) in [5.41, 5.74) is 1.42. The van der Waals surface area contributed by atoms with Crippen molar-refractivity contribution >= 4 is 33.1 Å². The van der Waals surface area contributed by atoms with E-state index >= 15 is 0 Å². The second-order valence-corrected chi connectivity index (χ2v) is 8.80. The van der Waals surface area contributed by atoms with Gasteiger partial charge in [0, 0.05) is 17.0 Å². The fourth-order valence-corrected chi connectivity index (χ4v) is 5.44. The van der Waals surface area contributed by atoms with Crippen molar-refractivity contribution in [3.05, 3.63) is 80.8 Å². The minimum atomic E-state index is -0.283.